The summed E-state index contributed by atoms with van der Waals surface area (Å²) >= 11 is 0. The van der Waals surface area contributed by atoms with Crippen LogP contribution in [0.25, 0.3) is 4.85 Å². The third kappa shape index (κ3) is 7.19. The summed E-state index contributed by atoms with van der Waals surface area (Å²) in [5.74, 6) is 1.28. The van der Waals surface area contributed by atoms with E-state index in [0.717, 1.165) is 28.9 Å². The van der Waals surface area contributed by atoms with Crippen LogP contribution >= 0.6 is 0 Å². The lowest BCUT2D eigenvalue weighted by Crippen LogP contribution is -2.06. The number of nitrogens with zero attached hydrogens (tertiary/aromatic N) is 1. The van der Waals surface area contributed by atoms with Gasteiger partial charge in [0.15, 0.2) is 5.78 Å². The number of aliphatic hydroxyl groups excluding tert-OH is 1. The lowest BCUT2D eigenvalue weighted by atomic mass is 9.97. The van der Waals surface area contributed by atoms with Crippen molar-refractivity contribution in [1.82, 2.24) is 0 Å². The molecule has 0 heterocycles. The zero-order valence-electron chi connectivity index (χ0n) is 19.8. The van der Waals surface area contributed by atoms with Crippen LogP contribution in [-0.2, 0) is 19.4 Å². The minimum Gasteiger partial charge on any atom is -0.502 e. The molecule has 5 nitrogen and oxygen atoms in total. The van der Waals surface area contributed by atoms with Crippen molar-refractivity contribution >= 4 is 11.5 Å². The molecule has 3 rings (SSSR count). The largest absolute Gasteiger partial charge is 0.502 e. The van der Waals surface area contributed by atoms with Gasteiger partial charge in [0, 0.05) is 18.6 Å². The molecule has 5 heteroatoms. The first kappa shape index (κ1) is 25.0. The molecule has 0 aliphatic heterocycles. The maximum Gasteiger partial charge on any atom is 0.228 e. The highest BCUT2D eigenvalue weighted by molar-refractivity contribution is 5.97. The number of benzene rings is 3. The summed E-state index contributed by atoms with van der Waals surface area (Å²) in [6.07, 6.45) is 2.29. The molecule has 0 saturated carbocycles. The molecule has 1 N–H and O–H groups in total. The van der Waals surface area contributed by atoms with Crippen molar-refractivity contribution in [2.75, 3.05) is 6.61 Å². The fraction of sp³-hybridized carbons (Fsp3) is 0.310. The predicted molar refractivity (Wildman–Crippen MR) is 134 cm³/mol. The standard InChI is InChI=1S/C29H31NO4/c1-21(2)34-29-15-13-25(19-27(29)30-3)28(32)11-7-10-23-12-14-26(18-24(23)16-17-31)33-20-22-8-5-4-6-9-22/h4-6,8-9,12-15,18-19,21,31H,7,10-11,16-17,20H2,1-2H3. The first-order valence-corrected chi connectivity index (χ1v) is 11.6. The lowest BCUT2D eigenvalue weighted by molar-refractivity contribution is 0.0980. The van der Waals surface area contributed by atoms with Gasteiger partial charge in [0.05, 0.1) is 12.7 Å². The van der Waals surface area contributed by atoms with Gasteiger partial charge < -0.3 is 14.6 Å². The van der Waals surface area contributed by atoms with Gasteiger partial charge in [0.1, 0.15) is 18.1 Å². The smallest absolute Gasteiger partial charge is 0.228 e. The molecule has 0 radical (unpaired) electrons. The molecular formula is C29H31NO4. The van der Waals surface area contributed by atoms with Gasteiger partial charge in [-0.15, -0.1) is 0 Å². The number of rotatable bonds is 12. The number of carbonyl (C=O) groups excluding carboxylic acids is 1. The Labute approximate surface area is 201 Å². The molecule has 0 amide bonds. The third-order valence-corrected chi connectivity index (χ3v) is 5.42. The Hall–Kier alpha value is -3.62. The van der Waals surface area contributed by atoms with Crippen LogP contribution in [0, 0.1) is 6.57 Å². The van der Waals surface area contributed by atoms with E-state index in [1.54, 1.807) is 18.2 Å². The summed E-state index contributed by atoms with van der Waals surface area (Å²) in [6.45, 7) is 11.7. The van der Waals surface area contributed by atoms with Crippen LogP contribution in [0.2, 0.25) is 0 Å². The van der Waals surface area contributed by atoms with Crippen LogP contribution in [0.15, 0.2) is 66.7 Å². The van der Waals surface area contributed by atoms with Crippen LogP contribution in [0.4, 0.5) is 5.69 Å². The van der Waals surface area contributed by atoms with Crippen molar-refractivity contribution in [3.05, 3.63) is 100 Å². The Morgan fingerprint density at radius 2 is 1.79 bits per heavy atom. The molecule has 0 fully saturated rings. The van der Waals surface area contributed by atoms with Gasteiger partial charge in [-0.2, -0.15) is 0 Å². The van der Waals surface area contributed by atoms with Crippen LogP contribution in [0.5, 0.6) is 11.5 Å². The number of carbonyl (C=O) groups is 1. The van der Waals surface area contributed by atoms with E-state index in [1.165, 1.54) is 0 Å². The van der Waals surface area contributed by atoms with Gasteiger partial charge in [-0.05, 0) is 74.1 Å². The van der Waals surface area contributed by atoms with Crippen LogP contribution in [0.1, 0.15) is 53.7 Å². The molecule has 0 saturated heterocycles. The summed E-state index contributed by atoms with van der Waals surface area (Å²) in [7, 11) is 0. The van der Waals surface area contributed by atoms with Crippen molar-refractivity contribution in [2.24, 2.45) is 0 Å². The summed E-state index contributed by atoms with van der Waals surface area (Å²) in [6, 6.07) is 21.0. The highest BCUT2D eigenvalue weighted by atomic mass is 16.5. The molecule has 3 aromatic carbocycles. The van der Waals surface area contributed by atoms with E-state index < -0.39 is 0 Å². The lowest BCUT2D eigenvalue weighted by Gasteiger charge is -2.13. The maximum absolute atomic E-state index is 12.7. The van der Waals surface area contributed by atoms with Gasteiger partial charge in [-0.25, -0.2) is 4.85 Å². The topological polar surface area (TPSA) is 60.1 Å². The number of aliphatic hydroxyl groups is 1. The molecule has 0 atom stereocenters. The molecule has 0 aliphatic carbocycles. The molecule has 0 spiro atoms. The van der Waals surface area contributed by atoms with E-state index in [0.29, 0.717) is 42.9 Å². The number of hydrogen-bond donors (Lipinski definition) is 1. The molecule has 176 valence electrons. The SMILES string of the molecule is [C-]#[N+]c1cc(C(=O)CCCc2ccc(OCc3ccccc3)cc2CCO)ccc1OC(C)C. The van der Waals surface area contributed by atoms with E-state index in [2.05, 4.69) is 4.85 Å². The second-order valence-corrected chi connectivity index (χ2v) is 8.42. The summed E-state index contributed by atoms with van der Waals surface area (Å²) in [5.41, 5.74) is 4.12. The molecule has 0 aliphatic rings. The van der Waals surface area contributed by atoms with Crippen molar-refractivity contribution in [2.45, 2.75) is 52.2 Å². The minimum absolute atomic E-state index is 0.00696. The maximum atomic E-state index is 12.7. The van der Waals surface area contributed by atoms with Gasteiger partial charge >= 0.3 is 0 Å². The average Bonchev–Trinajstić information content (AvgIpc) is 2.84. The number of ketones is 1. The Morgan fingerprint density at radius 1 is 1.00 bits per heavy atom. The molecule has 0 aromatic heterocycles. The van der Waals surface area contributed by atoms with Crippen molar-refractivity contribution < 1.29 is 19.4 Å². The fourth-order valence-corrected chi connectivity index (χ4v) is 3.75. The van der Waals surface area contributed by atoms with Crippen LogP contribution < -0.4 is 9.47 Å². The number of aryl methyl sites for hydroxylation is 1. The highest BCUT2D eigenvalue weighted by Gasteiger charge is 2.13. The second kappa shape index (κ2) is 12.6. The van der Waals surface area contributed by atoms with E-state index in [4.69, 9.17) is 16.0 Å². The van der Waals surface area contributed by atoms with Gasteiger partial charge in [-0.1, -0.05) is 42.5 Å². The first-order valence-electron chi connectivity index (χ1n) is 11.6. The van der Waals surface area contributed by atoms with Crippen molar-refractivity contribution in [3.8, 4) is 11.5 Å². The Bertz CT molecular complexity index is 1130. The summed E-state index contributed by atoms with van der Waals surface area (Å²) in [5, 5.41) is 9.50. The Kier molecular flexibility index (Phi) is 9.25. The zero-order chi connectivity index (χ0) is 24.3. The molecular weight excluding hydrogens is 426 g/mol. The second-order valence-electron chi connectivity index (χ2n) is 8.42. The number of hydrogen-bond acceptors (Lipinski definition) is 4. The van der Waals surface area contributed by atoms with Crippen LogP contribution in [0.3, 0.4) is 0 Å². The highest BCUT2D eigenvalue weighted by Crippen LogP contribution is 2.30. The molecule has 0 unspecified atom stereocenters. The Balaban J connectivity index is 1.60. The monoisotopic (exact) mass is 457 g/mol. The van der Waals surface area contributed by atoms with E-state index in [1.807, 2.05) is 62.4 Å². The van der Waals surface area contributed by atoms with E-state index >= 15 is 0 Å². The first-order chi connectivity index (χ1) is 16.5. The third-order valence-electron chi connectivity index (χ3n) is 5.42. The Morgan fingerprint density at radius 3 is 2.50 bits per heavy atom. The minimum atomic E-state index is -0.0368. The molecule has 34 heavy (non-hydrogen) atoms. The molecule has 3 aromatic rings. The van der Waals surface area contributed by atoms with E-state index in [-0.39, 0.29) is 18.5 Å². The zero-order valence-corrected chi connectivity index (χ0v) is 19.8. The molecule has 0 bridgehead atoms. The van der Waals surface area contributed by atoms with Crippen LogP contribution in [-0.4, -0.2) is 23.6 Å². The quantitative estimate of drug-likeness (QED) is 0.254. The summed E-state index contributed by atoms with van der Waals surface area (Å²) < 4.78 is 11.6. The predicted octanol–water partition coefficient (Wildman–Crippen LogP) is 6.34. The van der Waals surface area contributed by atoms with Crippen molar-refractivity contribution in [1.29, 1.82) is 0 Å². The summed E-state index contributed by atoms with van der Waals surface area (Å²) in [4.78, 5) is 16.2. The van der Waals surface area contributed by atoms with Crippen molar-refractivity contribution in [3.63, 3.8) is 0 Å². The van der Waals surface area contributed by atoms with Gasteiger partial charge in [0.2, 0.25) is 5.69 Å². The average molecular weight is 458 g/mol. The number of Topliss-reactive ketones (excluding diaryl/α,β-unsaturated/α-hetero) is 1. The fourth-order valence-electron chi connectivity index (χ4n) is 3.75. The van der Waals surface area contributed by atoms with Gasteiger partial charge in [0.25, 0.3) is 0 Å². The van der Waals surface area contributed by atoms with Gasteiger partial charge in [-0.3, -0.25) is 4.79 Å². The van der Waals surface area contributed by atoms with E-state index in [9.17, 15) is 9.90 Å². The number of ether oxygens (including phenoxy) is 2. The normalized spacial score (nSPS) is 10.7.